The van der Waals surface area contributed by atoms with Crippen molar-refractivity contribution < 1.29 is 17.9 Å². The Hall–Kier alpha value is -1.07. The Labute approximate surface area is 105 Å². The Bertz CT molecular complexity index is 366. The average molecular weight is 261 g/mol. The van der Waals surface area contributed by atoms with E-state index in [0.717, 1.165) is 18.2 Å². The predicted molar refractivity (Wildman–Crippen MR) is 64.1 cm³/mol. The zero-order chi connectivity index (χ0) is 13.6. The van der Waals surface area contributed by atoms with Crippen LogP contribution in [0.4, 0.5) is 13.2 Å². The van der Waals surface area contributed by atoms with Crippen molar-refractivity contribution in [1.29, 1.82) is 0 Å². The molecule has 1 rings (SSSR count). The molecule has 0 aliphatic carbocycles. The molecule has 0 aliphatic rings. The molecule has 5 heteroatoms. The molecule has 1 atom stereocenters. The highest BCUT2D eigenvalue weighted by Gasteiger charge is 2.29. The van der Waals surface area contributed by atoms with Gasteiger partial charge in [-0.25, -0.2) is 13.2 Å². The summed E-state index contributed by atoms with van der Waals surface area (Å²) >= 11 is 0. The molecule has 0 fully saturated rings. The highest BCUT2D eigenvalue weighted by Crippen LogP contribution is 2.25. The molecule has 0 spiro atoms. The minimum atomic E-state index is -1.64. The van der Waals surface area contributed by atoms with Crippen molar-refractivity contribution in [2.45, 2.75) is 24.9 Å². The maximum Gasteiger partial charge on any atom is 0.138 e. The van der Waals surface area contributed by atoms with Gasteiger partial charge in [-0.05, 0) is 37.1 Å². The zero-order valence-corrected chi connectivity index (χ0v) is 10.4. The number of methoxy groups -OCH3 is 1. The smallest absolute Gasteiger partial charge is 0.138 e. The van der Waals surface area contributed by atoms with Crippen molar-refractivity contribution in [2.75, 3.05) is 20.3 Å². The minimum Gasteiger partial charge on any atom is -0.381 e. The highest BCUT2D eigenvalue weighted by atomic mass is 19.1. The molecule has 1 aromatic rings. The molecular weight excluding hydrogens is 243 g/mol. The molecule has 1 unspecified atom stereocenters. The lowest BCUT2D eigenvalue weighted by Crippen LogP contribution is -2.32. The van der Waals surface area contributed by atoms with Crippen LogP contribution in [-0.4, -0.2) is 25.9 Å². The Morgan fingerprint density at radius 3 is 2.33 bits per heavy atom. The fourth-order valence-corrected chi connectivity index (χ4v) is 1.97. The van der Waals surface area contributed by atoms with Gasteiger partial charge in [0.25, 0.3) is 0 Å². The van der Waals surface area contributed by atoms with E-state index in [0.29, 0.717) is 13.0 Å². The van der Waals surface area contributed by atoms with E-state index >= 15 is 0 Å². The summed E-state index contributed by atoms with van der Waals surface area (Å²) in [5.41, 5.74) is 3.98. The van der Waals surface area contributed by atoms with Crippen molar-refractivity contribution >= 4 is 0 Å². The number of hydrogen-bond acceptors (Lipinski definition) is 2. The molecular formula is C13H18F3NO. The van der Waals surface area contributed by atoms with E-state index in [-0.39, 0.29) is 25.0 Å². The first-order valence-electron chi connectivity index (χ1n) is 5.82. The van der Waals surface area contributed by atoms with Gasteiger partial charge in [0.1, 0.15) is 17.3 Å². The van der Waals surface area contributed by atoms with Gasteiger partial charge in [-0.2, -0.15) is 0 Å². The molecule has 0 saturated carbocycles. The second-order valence-corrected chi connectivity index (χ2v) is 4.43. The summed E-state index contributed by atoms with van der Waals surface area (Å²) in [5, 5.41) is 0. The Morgan fingerprint density at radius 1 is 1.22 bits per heavy atom. The standard InChI is InChI=1S/C13H18F3NO/c1-18-9-13(16,3-2-4-17)8-10-5-11(14)7-12(15)6-10/h5-7H,2-4,8-9,17H2,1H3. The fourth-order valence-electron chi connectivity index (χ4n) is 1.97. The van der Waals surface area contributed by atoms with E-state index in [1.807, 2.05) is 0 Å². The number of halogens is 3. The summed E-state index contributed by atoms with van der Waals surface area (Å²) in [5.74, 6) is -1.41. The summed E-state index contributed by atoms with van der Waals surface area (Å²) in [6.07, 6.45) is 0.614. The molecule has 0 amide bonds. The monoisotopic (exact) mass is 261 g/mol. The number of alkyl halides is 1. The van der Waals surface area contributed by atoms with Crippen LogP contribution in [0.3, 0.4) is 0 Å². The summed E-state index contributed by atoms with van der Waals surface area (Å²) in [4.78, 5) is 0. The molecule has 0 saturated heterocycles. The number of rotatable bonds is 7. The highest BCUT2D eigenvalue weighted by molar-refractivity contribution is 5.20. The van der Waals surface area contributed by atoms with Gasteiger partial charge in [-0.15, -0.1) is 0 Å². The third-order valence-corrected chi connectivity index (χ3v) is 2.68. The van der Waals surface area contributed by atoms with Crippen LogP contribution >= 0.6 is 0 Å². The fraction of sp³-hybridized carbons (Fsp3) is 0.538. The second-order valence-electron chi connectivity index (χ2n) is 4.43. The van der Waals surface area contributed by atoms with Crippen LogP contribution in [0, 0.1) is 11.6 Å². The molecule has 0 aliphatic heterocycles. The summed E-state index contributed by atoms with van der Waals surface area (Å²) < 4.78 is 45.4. The van der Waals surface area contributed by atoms with E-state index < -0.39 is 17.3 Å². The lowest BCUT2D eigenvalue weighted by molar-refractivity contribution is 0.0333. The van der Waals surface area contributed by atoms with E-state index in [2.05, 4.69) is 0 Å². The van der Waals surface area contributed by atoms with Crippen LogP contribution < -0.4 is 5.73 Å². The molecule has 18 heavy (non-hydrogen) atoms. The molecule has 0 aromatic heterocycles. The van der Waals surface area contributed by atoms with Crippen LogP contribution in [0.15, 0.2) is 18.2 Å². The lowest BCUT2D eigenvalue weighted by atomic mass is 9.92. The number of nitrogens with two attached hydrogens (primary N) is 1. The second kappa shape index (κ2) is 6.75. The topological polar surface area (TPSA) is 35.2 Å². The van der Waals surface area contributed by atoms with E-state index in [1.54, 1.807) is 0 Å². The van der Waals surface area contributed by atoms with E-state index in [4.69, 9.17) is 10.5 Å². The first kappa shape index (κ1) is 15.0. The van der Waals surface area contributed by atoms with Gasteiger partial charge in [0, 0.05) is 19.6 Å². The largest absolute Gasteiger partial charge is 0.381 e. The zero-order valence-electron chi connectivity index (χ0n) is 10.4. The number of hydrogen-bond donors (Lipinski definition) is 1. The van der Waals surface area contributed by atoms with Gasteiger partial charge in [0.2, 0.25) is 0 Å². The Kier molecular flexibility index (Phi) is 5.62. The van der Waals surface area contributed by atoms with Gasteiger partial charge < -0.3 is 10.5 Å². The van der Waals surface area contributed by atoms with Crippen LogP contribution in [0.1, 0.15) is 18.4 Å². The summed E-state index contributed by atoms with van der Waals surface area (Å²) in [7, 11) is 1.39. The minimum absolute atomic E-state index is 0.0878. The summed E-state index contributed by atoms with van der Waals surface area (Å²) in [6, 6.07) is 3.03. The van der Waals surface area contributed by atoms with Gasteiger partial charge in [0.15, 0.2) is 0 Å². The first-order valence-corrected chi connectivity index (χ1v) is 5.82. The molecule has 102 valence electrons. The van der Waals surface area contributed by atoms with E-state index in [9.17, 15) is 13.2 Å². The van der Waals surface area contributed by atoms with Crippen molar-refractivity contribution in [3.8, 4) is 0 Å². The third kappa shape index (κ3) is 4.66. The Balaban J connectivity index is 2.81. The molecule has 0 heterocycles. The van der Waals surface area contributed by atoms with Crippen molar-refractivity contribution in [2.24, 2.45) is 5.73 Å². The normalized spacial score (nSPS) is 14.5. The maximum absolute atomic E-state index is 14.5. The number of benzene rings is 1. The van der Waals surface area contributed by atoms with Gasteiger partial charge in [0.05, 0.1) is 6.61 Å². The van der Waals surface area contributed by atoms with Crippen molar-refractivity contribution in [1.82, 2.24) is 0 Å². The molecule has 0 bridgehead atoms. The summed E-state index contributed by atoms with van der Waals surface area (Å²) in [6.45, 7) is 0.248. The number of ether oxygens (including phenoxy) is 1. The van der Waals surface area contributed by atoms with Crippen LogP contribution in [0.25, 0.3) is 0 Å². The van der Waals surface area contributed by atoms with Crippen LogP contribution in [-0.2, 0) is 11.2 Å². The molecule has 1 aromatic carbocycles. The van der Waals surface area contributed by atoms with Gasteiger partial charge >= 0.3 is 0 Å². The third-order valence-electron chi connectivity index (χ3n) is 2.68. The molecule has 2 nitrogen and oxygen atoms in total. The molecule has 2 N–H and O–H groups in total. The van der Waals surface area contributed by atoms with Gasteiger partial charge in [-0.1, -0.05) is 0 Å². The average Bonchev–Trinajstić information content (AvgIpc) is 2.25. The van der Waals surface area contributed by atoms with Crippen LogP contribution in [0.2, 0.25) is 0 Å². The SMILES string of the molecule is COCC(F)(CCCN)Cc1cc(F)cc(F)c1. The predicted octanol–water partition coefficient (Wildman–Crippen LogP) is 2.60. The maximum atomic E-state index is 14.5. The van der Waals surface area contributed by atoms with Crippen molar-refractivity contribution in [3.05, 3.63) is 35.4 Å². The van der Waals surface area contributed by atoms with Gasteiger partial charge in [-0.3, -0.25) is 0 Å². The van der Waals surface area contributed by atoms with Crippen LogP contribution in [0.5, 0.6) is 0 Å². The quantitative estimate of drug-likeness (QED) is 0.818. The van der Waals surface area contributed by atoms with Crippen molar-refractivity contribution in [3.63, 3.8) is 0 Å². The lowest BCUT2D eigenvalue weighted by Gasteiger charge is -2.24. The van der Waals surface area contributed by atoms with E-state index in [1.165, 1.54) is 7.11 Å². The molecule has 0 radical (unpaired) electrons. The Morgan fingerprint density at radius 2 is 1.83 bits per heavy atom. The first-order chi connectivity index (χ1) is 8.49.